The minimum atomic E-state index is -0.642. The van der Waals surface area contributed by atoms with Crippen LogP contribution in [0.1, 0.15) is 31.9 Å². The van der Waals surface area contributed by atoms with Gasteiger partial charge < -0.3 is 19.1 Å². The molecule has 2 unspecified atom stereocenters. The van der Waals surface area contributed by atoms with Crippen molar-refractivity contribution < 1.29 is 19.0 Å². The Morgan fingerprint density at radius 2 is 2.22 bits per heavy atom. The zero-order valence-corrected chi connectivity index (χ0v) is 14.2. The third-order valence-corrected chi connectivity index (χ3v) is 4.41. The van der Waals surface area contributed by atoms with E-state index in [-0.39, 0.29) is 5.91 Å². The Hall–Kier alpha value is -1.44. The second-order valence-electron chi connectivity index (χ2n) is 7.10. The van der Waals surface area contributed by atoms with Crippen LogP contribution in [-0.2, 0) is 26.1 Å². The minimum Gasteiger partial charge on any atom is -0.378 e. The summed E-state index contributed by atoms with van der Waals surface area (Å²) in [6, 6.07) is 0. The number of aryl methyl sites for hydroxylation is 1. The Balaban J connectivity index is 1.82. The fraction of sp³-hybridized carbons (Fsp3) is 0.750. The van der Waals surface area contributed by atoms with Gasteiger partial charge in [0.15, 0.2) is 6.10 Å². The van der Waals surface area contributed by atoms with E-state index in [2.05, 4.69) is 5.10 Å². The SMILES string of the molecule is COC(C(=O)N1CC(C)(C)OC2(CCOC2)C1)c1cnn(C)c1. The highest BCUT2D eigenvalue weighted by molar-refractivity contribution is 5.82. The van der Waals surface area contributed by atoms with Gasteiger partial charge in [0.1, 0.15) is 5.60 Å². The second kappa shape index (κ2) is 5.89. The summed E-state index contributed by atoms with van der Waals surface area (Å²) < 4.78 is 18.9. The molecule has 7 nitrogen and oxygen atoms in total. The van der Waals surface area contributed by atoms with Crippen LogP contribution in [0.4, 0.5) is 0 Å². The van der Waals surface area contributed by atoms with E-state index in [1.54, 1.807) is 18.0 Å². The first-order valence-corrected chi connectivity index (χ1v) is 7.92. The molecule has 3 rings (SSSR count). The highest BCUT2D eigenvalue weighted by Gasteiger charge is 2.48. The molecule has 2 aliphatic rings. The number of hydrogen-bond donors (Lipinski definition) is 0. The first-order chi connectivity index (χ1) is 10.8. The van der Waals surface area contributed by atoms with Crippen LogP contribution >= 0.6 is 0 Å². The molecule has 128 valence electrons. The lowest BCUT2D eigenvalue weighted by molar-refractivity contribution is -0.203. The summed E-state index contributed by atoms with van der Waals surface area (Å²) in [5.41, 5.74) is -0.0412. The predicted octanol–water partition coefficient (Wildman–Crippen LogP) is 0.904. The normalized spacial score (nSPS) is 28.3. The van der Waals surface area contributed by atoms with Crippen molar-refractivity contribution in [1.82, 2.24) is 14.7 Å². The number of methoxy groups -OCH3 is 1. The van der Waals surface area contributed by atoms with E-state index in [9.17, 15) is 4.79 Å². The minimum absolute atomic E-state index is 0.0526. The van der Waals surface area contributed by atoms with E-state index in [0.717, 1.165) is 12.0 Å². The molecular formula is C16H25N3O4. The molecule has 2 fully saturated rings. The number of hydrogen-bond acceptors (Lipinski definition) is 5. The van der Waals surface area contributed by atoms with Gasteiger partial charge in [0.25, 0.3) is 5.91 Å². The van der Waals surface area contributed by atoms with Gasteiger partial charge in [-0.15, -0.1) is 0 Å². The lowest BCUT2D eigenvalue weighted by atomic mass is 9.94. The summed E-state index contributed by atoms with van der Waals surface area (Å²) >= 11 is 0. The molecule has 1 spiro atoms. The molecule has 0 bridgehead atoms. The van der Waals surface area contributed by atoms with E-state index < -0.39 is 17.3 Å². The Morgan fingerprint density at radius 1 is 1.43 bits per heavy atom. The van der Waals surface area contributed by atoms with Crippen LogP contribution < -0.4 is 0 Å². The maximum Gasteiger partial charge on any atom is 0.256 e. The Morgan fingerprint density at radius 3 is 2.78 bits per heavy atom. The van der Waals surface area contributed by atoms with Gasteiger partial charge in [0.2, 0.25) is 0 Å². The molecule has 7 heteroatoms. The summed E-state index contributed by atoms with van der Waals surface area (Å²) in [6.45, 7) is 6.30. The van der Waals surface area contributed by atoms with E-state index in [0.29, 0.717) is 26.3 Å². The van der Waals surface area contributed by atoms with Crippen molar-refractivity contribution in [2.45, 2.75) is 37.6 Å². The lowest BCUT2D eigenvalue weighted by Gasteiger charge is -2.48. The molecular weight excluding hydrogens is 298 g/mol. The molecule has 2 aliphatic heterocycles. The molecule has 2 saturated heterocycles. The highest BCUT2D eigenvalue weighted by Crippen LogP contribution is 2.36. The molecule has 1 aromatic rings. The average Bonchev–Trinajstić information content (AvgIpc) is 3.07. The topological polar surface area (TPSA) is 65.8 Å². The largest absolute Gasteiger partial charge is 0.378 e. The number of nitrogens with zero attached hydrogens (tertiary/aromatic N) is 3. The summed E-state index contributed by atoms with van der Waals surface area (Å²) in [4.78, 5) is 14.9. The Kier molecular flexibility index (Phi) is 4.20. The summed E-state index contributed by atoms with van der Waals surface area (Å²) in [6.07, 6.45) is 3.65. The number of amides is 1. The van der Waals surface area contributed by atoms with Crippen LogP contribution in [0.2, 0.25) is 0 Å². The Labute approximate surface area is 136 Å². The molecule has 1 aromatic heterocycles. The fourth-order valence-corrected chi connectivity index (χ4v) is 3.58. The molecule has 23 heavy (non-hydrogen) atoms. The molecule has 1 amide bonds. The van der Waals surface area contributed by atoms with Crippen molar-refractivity contribution in [2.24, 2.45) is 7.05 Å². The quantitative estimate of drug-likeness (QED) is 0.827. The van der Waals surface area contributed by atoms with Gasteiger partial charge in [0, 0.05) is 45.5 Å². The van der Waals surface area contributed by atoms with E-state index in [1.807, 2.05) is 32.0 Å². The van der Waals surface area contributed by atoms with Gasteiger partial charge in [-0.3, -0.25) is 9.48 Å². The third-order valence-electron chi connectivity index (χ3n) is 4.41. The van der Waals surface area contributed by atoms with Gasteiger partial charge >= 0.3 is 0 Å². The van der Waals surface area contributed by atoms with Crippen molar-refractivity contribution in [3.05, 3.63) is 18.0 Å². The molecule has 0 saturated carbocycles. The fourth-order valence-electron chi connectivity index (χ4n) is 3.58. The molecule has 0 radical (unpaired) electrons. The van der Waals surface area contributed by atoms with Gasteiger partial charge in [0.05, 0.1) is 24.9 Å². The van der Waals surface area contributed by atoms with Crippen LogP contribution in [0.15, 0.2) is 12.4 Å². The van der Waals surface area contributed by atoms with Gasteiger partial charge in [-0.1, -0.05) is 0 Å². The number of carbonyl (C=O) groups excluding carboxylic acids is 1. The molecule has 0 aromatic carbocycles. The molecule has 2 atom stereocenters. The van der Waals surface area contributed by atoms with Crippen molar-refractivity contribution >= 4 is 5.91 Å². The third kappa shape index (κ3) is 3.27. The highest BCUT2D eigenvalue weighted by atomic mass is 16.6. The average molecular weight is 323 g/mol. The van der Waals surface area contributed by atoms with Crippen LogP contribution in [0.5, 0.6) is 0 Å². The predicted molar refractivity (Wildman–Crippen MR) is 82.9 cm³/mol. The van der Waals surface area contributed by atoms with Gasteiger partial charge in [-0.25, -0.2) is 0 Å². The van der Waals surface area contributed by atoms with E-state index in [1.165, 1.54) is 0 Å². The summed E-state index contributed by atoms with van der Waals surface area (Å²) in [5, 5.41) is 4.13. The molecule has 0 aliphatic carbocycles. The Bertz CT molecular complexity index is 578. The zero-order valence-electron chi connectivity index (χ0n) is 14.2. The van der Waals surface area contributed by atoms with Crippen LogP contribution in [0.3, 0.4) is 0 Å². The number of morpholine rings is 1. The maximum absolute atomic E-state index is 13.0. The standard InChI is InChI=1S/C16H25N3O4/c1-15(2)9-19(10-16(23-15)5-6-22-11-16)14(20)13(21-4)12-7-17-18(3)8-12/h7-8,13H,5-6,9-11H2,1-4H3. The van der Waals surface area contributed by atoms with Crippen LogP contribution in [0.25, 0.3) is 0 Å². The molecule has 3 heterocycles. The number of carbonyl (C=O) groups is 1. The van der Waals surface area contributed by atoms with Crippen molar-refractivity contribution in [3.63, 3.8) is 0 Å². The smallest absolute Gasteiger partial charge is 0.256 e. The molecule has 0 N–H and O–H groups in total. The van der Waals surface area contributed by atoms with E-state index >= 15 is 0 Å². The van der Waals surface area contributed by atoms with Crippen molar-refractivity contribution in [2.75, 3.05) is 33.4 Å². The number of rotatable bonds is 3. The first kappa shape index (κ1) is 16.4. The second-order valence-corrected chi connectivity index (χ2v) is 7.10. The maximum atomic E-state index is 13.0. The number of aromatic nitrogens is 2. The monoisotopic (exact) mass is 323 g/mol. The van der Waals surface area contributed by atoms with Gasteiger partial charge in [-0.2, -0.15) is 5.10 Å². The van der Waals surface area contributed by atoms with Crippen molar-refractivity contribution in [1.29, 1.82) is 0 Å². The van der Waals surface area contributed by atoms with Gasteiger partial charge in [-0.05, 0) is 13.8 Å². The zero-order chi connectivity index (χ0) is 16.7. The number of ether oxygens (including phenoxy) is 3. The lowest BCUT2D eigenvalue weighted by Crippen LogP contribution is -2.62. The first-order valence-electron chi connectivity index (χ1n) is 7.92. The van der Waals surface area contributed by atoms with Crippen LogP contribution in [-0.4, -0.2) is 65.2 Å². The summed E-state index contributed by atoms with van der Waals surface area (Å²) in [7, 11) is 3.37. The van der Waals surface area contributed by atoms with Crippen LogP contribution in [0, 0.1) is 0 Å². The van der Waals surface area contributed by atoms with Crippen molar-refractivity contribution in [3.8, 4) is 0 Å². The summed E-state index contributed by atoms with van der Waals surface area (Å²) in [5.74, 6) is -0.0526. The van der Waals surface area contributed by atoms with E-state index in [4.69, 9.17) is 14.2 Å².